The second-order valence-electron chi connectivity index (χ2n) is 11.9. The first-order valence-electron chi connectivity index (χ1n) is 15.0. The monoisotopic (exact) mass is 632 g/mol. The number of benzene rings is 1. The van der Waals surface area contributed by atoms with E-state index in [0.717, 1.165) is 23.7 Å². The van der Waals surface area contributed by atoms with Crippen molar-refractivity contribution < 1.29 is 23.5 Å². The number of nitrogens with zero attached hydrogens (tertiary/aromatic N) is 5. The van der Waals surface area contributed by atoms with E-state index in [4.69, 9.17) is 15.2 Å². The predicted octanol–water partition coefficient (Wildman–Crippen LogP) is 5.94. The van der Waals surface area contributed by atoms with Crippen LogP contribution in [0.1, 0.15) is 68.6 Å². The molecule has 1 unspecified atom stereocenters. The van der Waals surface area contributed by atoms with Crippen molar-refractivity contribution in [1.29, 1.82) is 0 Å². The van der Waals surface area contributed by atoms with E-state index < -0.39 is 35.6 Å². The number of primary amides is 1. The van der Waals surface area contributed by atoms with Crippen LogP contribution in [0, 0.1) is 12.7 Å². The van der Waals surface area contributed by atoms with Crippen molar-refractivity contribution in [3.8, 4) is 0 Å². The fourth-order valence-electron chi connectivity index (χ4n) is 4.97. The van der Waals surface area contributed by atoms with E-state index in [1.807, 2.05) is 37.3 Å². The van der Waals surface area contributed by atoms with Gasteiger partial charge in [-0.05, 0) is 71.6 Å². The molecule has 2 heterocycles. The number of nitrogens with two attached hydrogens (primary N) is 1. The Hall–Kier alpha value is -4.91. The minimum Gasteiger partial charge on any atom is -0.444 e. The zero-order valence-corrected chi connectivity index (χ0v) is 27.0. The lowest BCUT2D eigenvalue weighted by Gasteiger charge is -2.32. The maximum absolute atomic E-state index is 15.6. The molecule has 1 saturated carbocycles. The fourth-order valence-corrected chi connectivity index (χ4v) is 4.97. The summed E-state index contributed by atoms with van der Waals surface area (Å²) in [6.45, 7) is 9.22. The summed E-state index contributed by atoms with van der Waals surface area (Å²) in [5.41, 5.74) is 7.93. The van der Waals surface area contributed by atoms with Crippen molar-refractivity contribution >= 4 is 46.9 Å². The maximum atomic E-state index is 15.6. The minimum absolute atomic E-state index is 0.0132. The smallest absolute Gasteiger partial charge is 0.408 e. The zero-order valence-electron chi connectivity index (χ0n) is 27.0. The van der Waals surface area contributed by atoms with Gasteiger partial charge in [0, 0.05) is 13.3 Å². The van der Waals surface area contributed by atoms with E-state index in [1.54, 1.807) is 58.2 Å². The van der Waals surface area contributed by atoms with Crippen LogP contribution in [0.3, 0.4) is 0 Å². The van der Waals surface area contributed by atoms with Crippen LogP contribution >= 0.6 is 0 Å². The largest absolute Gasteiger partial charge is 0.444 e. The predicted molar refractivity (Wildman–Crippen MR) is 177 cm³/mol. The summed E-state index contributed by atoms with van der Waals surface area (Å²) in [5, 5.41) is 11.8. The normalized spacial score (nSPS) is 17.6. The number of hydrazone groups is 1. The van der Waals surface area contributed by atoms with E-state index in [2.05, 4.69) is 30.7 Å². The topological polar surface area (TPSA) is 156 Å². The Morgan fingerprint density at radius 2 is 1.93 bits per heavy atom. The Balaban J connectivity index is 1.74. The van der Waals surface area contributed by atoms with Gasteiger partial charge in [-0.25, -0.2) is 19.2 Å². The number of hydrogen-bond acceptors (Lipinski definition) is 10. The lowest BCUT2D eigenvalue weighted by atomic mass is 9.90. The van der Waals surface area contributed by atoms with E-state index in [1.165, 1.54) is 0 Å². The summed E-state index contributed by atoms with van der Waals surface area (Å²) in [5.74, 6) is -2.07. The second-order valence-corrected chi connectivity index (χ2v) is 11.9. The molecule has 0 bridgehead atoms. The third-order valence-electron chi connectivity index (χ3n) is 7.05. The number of aryl methyl sites for hydroxylation is 1. The van der Waals surface area contributed by atoms with E-state index >= 15 is 4.39 Å². The molecule has 0 aliphatic heterocycles. The van der Waals surface area contributed by atoms with Crippen LogP contribution in [0.2, 0.25) is 0 Å². The zero-order chi connectivity index (χ0) is 33.4. The molecule has 1 aliphatic carbocycles. The van der Waals surface area contributed by atoms with Gasteiger partial charge >= 0.3 is 6.09 Å². The van der Waals surface area contributed by atoms with Crippen molar-refractivity contribution in [1.82, 2.24) is 15.3 Å². The molecule has 1 aliphatic rings. The number of pyridine rings is 2. The number of ether oxygens (including phenoxy) is 2. The highest BCUT2D eigenvalue weighted by molar-refractivity contribution is 6.00. The molecule has 2 atom stereocenters. The number of carbonyl (C=O) groups is 2. The molecule has 4 N–H and O–H groups in total. The third kappa shape index (κ3) is 9.07. The molecule has 0 saturated heterocycles. The quantitative estimate of drug-likeness (QED) is 0.183. The molecule has 46 heavy (non-hydrogen) atoms. The van der Waals surface area contributed by atoms with Crippen molar-refractivity contribution in [3.05, 3.63) is 71.3 Å². The van der Waals surface area contributed by atoms with Crippen molar-refractivity contribution in [3.63, 3.8) is 0 Å². The Morgan fingerprint density at radius 3 is 2.61 bits per heavy atom. The van der Waals surface area contributed by atoms with Crippen LogP contribution in [0.5, 0.6) is 0 Å². The van der Waals surface area contributed by atoms with Crippen LogP contribution in [-0.2, 0) is 16.1 Å². The van der Waals surface area contributed by atoms with Crippen LogP contribution in [0.15, 0.2) is 58.8 Å². The number of nitrogens with one attached hydrogen (secondary N) is 2. The van der Waals surface area contributed by atoms with Crippen LogP contribution in [0.25, 0.3) is 0 Å². The molecule has 3 aromatic rings. The molecule has 2 aromatic heterocycles. The van der Waals surface area contributed by atoms with Gasteiger partial charge in [0.2, 0.25) is 0 Å². The fraction of sp³-hybridized carbons (Fsp3) is 0.394. The summed E-state index contributed by atoms with van der Waals surface area (Å²) in [7, 11) is 1.77. The number of hydrogen-bond donors (Lipinski definition) is 3. The molecule has 4 rings (SSSR count). The van der Waals surface area contributed by atoms with E-state index in [9.17, 15) is 9.59 Å². The standard InChI is InChI=1S/C33H41FN8O4/c1-7-37-42(6)26-16-22(18-36-20(26)2)38-30-23(29(35)43)17-24(34)31(41-30)40-28-25(39-32(44)46-33(3,4)5)14-11-15-27(28)45-19-21-12-9-8-10-13-21/h7-10,12-13,16-18,25,27H,11,14-15,19H2,1-6H3,(H2,35,43)(H,38,41)(H,39,44)/b37-7-,40-28-/t25?,27-/m0/s1. The van der Waals surface area contributed by atoms with Gasteiger partial charge in [0.15, 0.2) is 11.6 Å². The second kappa shape index (κ2) is 14.9. The highest BCUT2D eigenvalue weighted by atomic mass is 19.1. The Morgan fingerprint density at radius 1 is 1.20 bits per heavy atom. The molecular formula is C33H41FN8O4. The average Bonchev–Trinajstić information content (AvgIpc) is 2.99. The number of alkyl carbamates (subject to hydrolysis) is 1. The maximum Gasteiger partial charge on any atom is 0.408 e. The van der Waals surface area contributed by atoms with Gasteiger partial charge in [0.25, 0.3) is 5.91 Å². The molecule has 0 radical (unpaired) electrons. The molecule has 1 aromatic carbocycles. The van der Waals surface area contributed by atoms with Gasteiger partial charge in [-0.1, -0.05) is 30.3 Å². The Kier molecular flexibility index (Phi) is 11.0. The highest BCUT2D eigenvalue weighted by Crippen LogP contribution is 2.30. The first kappa shape index (κ1) is 34.0. The number of anilines is 3. The number of halogens is 1. The Labute approximate surface area is 268 Å². The SMILES string of the molecule is C/C=N\N(C)c1cc(Nc2nc(/N=C3/C(NC(=O)OC(C)(C)C)CCC[C@@H]3OCc3ccccc3)c(F)cc2C(N)=O)cnc1C. The summed E-state index contributed by atoms with van der Waals surface area (Å²) in [6.07, 6.45) is 3.86. The lowest BCUT2D eigenvalue weighted by molar-refractivity contribution is 0.0479. The molecular weight excluding hydrogens is 591 g/mol. The number of aliphatic imine (C=N–C) groups is 1. The van der Waals surface area contributed by atoms with Gasteiger partial charge in [-0.15, -0.1) is 0 Å². The van der Waals surface area contributed by atoms with Crippen molar-refractivity contribution in [2.45, 2.75) is 78.2 Å². The van der Waals surface area contributed by atoms with Gasteiger partial charge < -0.3 is 25.8 Å². The van der Waals surface area contributed by atoms with Gasteiger partial charge in [-0.3, -0.25) is 14.8 Å². The van der Waals surface area contributed by atoms with Crippen molar-refractivity contribution in [2.24, 2.45) is 15.8 Å². The number of amides is 2. The number of carbonyl (C=O) groups excluding carboxylic acids is 2. The van der Waals surface area contributed by atoms with Crippen LogP contribution in [-0.4, -0.2) is 58.7 Å². The lowest BCUT2D eigenvalue weighted by Crippen LogP contribution is -2.50. The van der Waals surface area contributed by atoms with E-state index in [-0.39, 0.29) is 23.8 Å². The van der Waals surface area contributed by atoms with Gasteiger partial charge in [0.05, 0.1) is 53.3 Å². The van der Waals surface area contributed by atoms with Crippen molar-refractivity contribution in [2.75, 3.05) is 17.4 Å². The number of rotatable bonds is 10. The van der Waals surface area contributed by atoms with Gasteiger partial charge in [0.1, 0.15) is 11.4 Å². The summed E-state index contributed by atoms with van der Waals surface area (Å²) in [6, 6.07) is 11.8. The summed E-state index contributed by atoms with van der Waals surface area (Å²) in [4.78, 5) is 38.6. The van der Waals surface area contributed by atoms with Gasteiger partial charge in [-0.2, -0.15) is 5.10 Å². The highest BCUT2D eigenvalue weighted by Gasteiger charge is 2.33. The Bertz CT molecular complexity index is 1610. The number of aromatic nitrogens is 2. The first-order valence-corrected chi connectivity index (χ1v) is 15.0. The summed E-state index contributed by atoms with van der Waals surface area (Å²) >= 11 is 0. The molecule has 2 amide bonds. The molecule has 13 heteroatoms. The van der Waals surface area contributed by atoms with E-state index in [0.29, 0.717) is 29.9 Å². The molecule has 12 nitrogen and oxygen atoms in total. The minimum atomic E-state index is -0.882. The summed E-state index contributed by atoms with van der Waals surface area (Å²) < 4.78 is 27.4. The first-order chi connectivity index (χ1) is 21.8. The third-order valence-corrected chi connectivity index (χ3v) is 7.05. The molecule has 0 spiro atoms. The van der Waals surface area contributed by atoms with Crippen LogP contribution in [0.4, 0.5) is 32.2 Å². The molecule has 244 valence electrons. The molecule has 1 fully saturated rings. The average molecular weight is 633 g/mol. The van der Waals surface area contributed by atoms with Crippen LogP contribution < -0.4 is 21.4 Å².